The van der Waals surface area contributed by atoms with Gasteiger partial charge in [-0.3, -0.25) is 0 Å². The predicted molar refractivity (Wildman–Crippen MR) is 78.2 cm³/mol. The number of ether oxygens (including phenoxy) is 2. The minimum absolute atomic E-state index is 0.0566. The van der Waals surface area contributed by atoms with E-state index in [-0.39, 0.29) is 12.0 Å². The summed E-state index contributed by atoms with van der Waals surface area (Å²) in [5.41, 5.74) is 1.17. The van der Waals surface area contributed by atoms with Gasteiger partial charge in [0.2, 0.25) is 0 Å². The van der Waals surface area contributed by atoms with Crippen molar-refractivity contribution in [3.63, 3.8) is 0 Å². The average molecular weight is 268 g/mol. The Labute approximate surface area is 117 Å². The van der Waals surface area contributed by atoms with E-state index in [9.17, 15) is 5.11 Å². The summed E-state index contributed by atoms with van der Waals surface area (Å²) in [5, 5.41) is 10.3. The summed E-state index contributed by atoms with van der Waals surface area (Å²) in [7, 11) is 1.65. The van der Waals surface area contributed by atoms with E-state index in [0.29, 0.717) is 6.61 Å². The zero-order chi connectivity index (χ0) is 14.1. The fourth-order valence-corrected chi connectivity index (χ4v) is 2.33. The molecule has 19 heavy (non-hydrogen) atoms. The molecule has 3 nitrogen and oxygen atoms in total. The van der Waals surface area contributed by atoms with Gasteiger partial charge in [0, 0.05) is 19.6 Å². The Kier molecular flexibility index (Phi) is 8.03. The normalized spacial score (nSPS) is 36.0. The average Bonchev–Trinajstić information content (AvgIpc) is 2.39. The Balaban J connectivity index is 2.71. The van der Waals surface area contributed by atoms with Crippen LogP contribution >= 0.6 is 0 Å². The van der Waals surface area contributed by atoms with Gasteiger partial charge in [-0.15, -0.1) is 0 Å². The van der Waals surface area contributed by atoms with Gasteiger partial charge in [-0.2, -0.15) is 0 Å². The standard InChI is InChI=1S/C16H28O3/c1-13-11-14(2)16(17)15(18-3)9-7-5-4-6-8-10-19-12-13/h7,9,11,14-17H,4-6,8,10,12H2,1-3H3/b9-7+,13-11-/t14-,15+,16+/m1/s1. The van der Waals surface area contributed by atoms with Crippen LogP contribution < -0.4 is 0 Å². The van der Waals surface area contributed by atoms with Gasteiger partial charge >= 0.3 is 0 Å². The van der Waals surface area contributed by atoms with Crippen LogP contribution in [0, 0.1) is 5.92 Å². The van der Waals surface area contributed by atoms with E-state index in [4.69, 9.17) is 9.47 Å². The molecule has 0 unspecified atom stereocenters. The lowest BCUT2D eigenvalue weighted by Gasteiger charge is -2.23. The van der Waals surface area contributed by atoms with Crippen LogP contribution in [0.5, 0.6) is 0 Å². The SMILES string of the molecule is CO[C@H]1/C=C/CCCCCOC/C(C)=C\[C@@H](C)[C@@H]1O. The second-order valence-corrected chi connectivity index (χ2v) is 5.39. The monoisotopic (exact) mass is 268 g/mol. The number of rotatable bonds is 1. The second kappa shape index (κ2) is 9.29. The fraction of sp³-hybridized carbons (Fsp3) is 0.750. The Morgan fingerprint density at radius 2 is 2.11 bits per heavy atom. The first kappa shape index (κ1) is 16.4. The Morgan fingerprint density at radius 1 is 1.32 bits per heavy atom. The molecule has 0 bridgehead atoms. The van der Waals surface area contributed by atoms with E-state index in [2.05, 4.69) is 12.2 Å². The molecule has 0 radical (unpaired) electrons. The first-order valence-corrected chi connectivity index (χ1v) is 7.27. The number of hydrogen-bond donors (Lipinski definition) is 1. The molecule has 0 saturated carbocycles. The van der Waals surface area contributed by atoms with Crippen LogP contribution in [0.4, 0.5) is 0 Å². The first-order valence-electron chi connectivity index (χ1n) is 7.27. The van der Waals surface area contributed by atoms with Crippen molar-refractivity contribution in [2.75, 3.05) is 20.3 Å². The molecular formula is C16H28O3. The zero-order valence-corrected chi connectivity index (χ0v) is 12.5. The summed E-state index contributed by atoms with van der Waals surface area (Å²) in [6.45, 7) is 5.55. The van der Waals surface area contributed by atoms with E-state index in [1.54, 1.807) is 7.11 Å². The number of aliphatic hydroxyl groups excluding tert-OH is 1. The van der Waals surface area contributed by atoms with E-state index in [0.717, 1.165) is 25.9 Å². The highest BCUT2D eigenvalue weighted by atomic mass is 16.5. The maximum Gasteiger partial charge on any atom is 0.102 e. The van der Waals surface area contributed by atoms with Crippen LogP contribution in [0.1, 0.15) is 39.5 Å². The Hall–Kier alpha value is -0.640. The molecule has 0 fully saturated rings. The largest absolute Gasteiger partial charge is 0.389 e. The van der Waals surface area contributed by atoms with Crippen LogP contribution in [-0.2, 0) is 9.47 Å². The van der Waals surface area contributed by atoms with Crippen molar-refractivity contribution in [1.29, 1.82) is 0 Å². The third-order valence-corrected chi connectivity index (χ3v) is 3.51. The van der Waals surface area contributed by atoms with Crippen molar-refractivity contribution in [2.45, 2.75) is 51.7 Å². The van der Waals surface area contributed by atoms with E-state index >= 15 is 0 Å². The summed E-state index contributed by atoms with van der Waals surface area (Å²) in [5.74, 6) is 0.0566. The zero-order valence-electron chi connectivity index (χ0n) is 12.5. The number of allylic oxidation sites excluding steroid dienone is 1. The molecule has 1 aliphatic heterocycles. The number of methoxy groups -OCH3 is 1. The van der Waals surface area contributed by atoms with Crippen LogP contribution in [-0.4, -0.2) is 37.6 Å². The molecule has 0 aromatic rings. The topological polar surface area (TPSA) is 38.7 Å². The number of hydrogen-bond acceptors (Lipinski definition) is 3. The van der Waals surface area contributed by atoms with E-state index in [1.807, 2.05) is 19.9 Å². The molecule has 0 amide bonds. The molecule has 1 heterocycles. The van der Waals surface area contributed by atoms with E-state index < -0.39 is 6.10 Å². The van der Waals surface area contributed by atoms with Gasteiger partial charge in [-0.1, -0.05) is 37.1 Å². The van der Waals surface area contributed by atoms with Crippen LogP contribution in [0.25, 0.3) is 0 Å². The van der Waals surface area contributed by atoms with Crippen molar-refractivity contribution in [3.05, 3.63) is 23.8 Å². The summed E-state index contributed by atoms with van der Waals surface area (Å²) >= 11 is 0. The molecule has 1 rings (SSSR count). The van der Waals surface area contributed by atoms with Crippen LogP contribution in [0.2, 0.25) is 0 Å². The van der Waals surface area contributed by atoms with Crippen molar-refractivity contribution in [3.8, 4) is 0 Å². The minimum Gasteiger partial charge on any atom is -0.389 e. The van der Waals surface area contributed by atoms with Crippen molar-refractivity contribution in [2.24, 2.45) is 5.92 Å². The van der Waals surface area contributed by atoms with Gasteiger partial charge in [0.05, 0.1) is 12.7 Å². The number of aliphatic hydroxyl groups is 1. The van der Waals surface area contributed by atoms with Gasteiger partial charge in [0.1, 0.15) is 6.10 Å². The molecule has 1 aliphatic rings. The third kappa shape index (κ3) is 6.37. The summed E-state index contributed by atoms with van der Waals surface area (Å²) in [6.07, 6.45) is 9.95. The molecule has 110 valence electrons. The third-order valence-electron chi connectivity index (χ3n) is 3.51. The lowest BCUT2D eigenvalue weighted by atomic mass is 9.96. The molecule has 0 aromatic carbocycles. The van der Waals surface area contributed by atoms with Gasteiger partial charge in [0.15, 0.2) is 0 Å². The summed E-state index contributed by atoms with van der Waals surface area (Å²) in [4.78, 5) is 0. The van der Waals surface area contributed by atoms with Gasteiger partial charge in [0.25, 0.3) is 0 Å². The summed E-state index contributed by atoms with van der Waals surface area (Å²) < 4.78 is 11.0. The molecule has 0 aromatic heterocycles. The van der Waals surface area contributed by atoms with Gasteiger partial charge < -0.3 is 14.6 Å². The quantitative estimate of drug-likeness (QED) is 0.743. The smallest absolute Gasteiger partial charge is 0.102 e. The lowest BCUT2D eigenvalue weighted by molar-refractivity contribution is -0.00204. The first-order chi connectivity index (χ1) is 9.15. The predicted octanol–water partition coefficient (Wildman–Crippen LogP) is 3.09. The second-order valence-electron chi connectivity index (χ2n) is 5.39. The van der Waals surface area contributed by atoms with Crippen molar-refractivity contribution < 1.29 is 14.6 Å². The maximum absolute atomic E-state index is 10.3. The van der Waals surface area contributed by atoms with Gasteiger partial charge in [-0.25, -0.2) is 0 Å². The molecule has 3 atom stereocenters. The summed E-state index contributed by atoms with van der Waals surface area (Å²) in [6, 6.07) is 0. The molecule has 0 aliphatic carbocycles. The van der Waals surface area contributed by atoms with Gasteiger partial charge in [-0.05, 0) is 26.2 Å². The highest BCUT2D eigenvalue weighted by Crippen LogP contribution is 2.16. The minimum atomic E-state index is -0.515. The fourth-order valence-electron chi connectivity index (χ4n) is 2.33. The molecule has 3 heteroatoms. The van der Waals surface area contributed by atoms with E-state index in [1.165, 1.54) is 12.0 Å². The highest BCUT2D eigenvalue weighted by Gasteiger charge is 2.21. The molecule has 0 spiro atoms. The lowest BCUT2D eigenvalue weighted by Crippen LogP contribution is -2.31. The molecular weight excluding hydrogens is 240 g/mol. The highest BCUT2D eigenvalue weighted by molar-refractivity contribution is 5.05. The van der Waals surface area contributed by atoms with Crippen LogP contribution in [0.3, 0.4) is 0 Å². The Bertz CT molecular complexity index is 296. The van der Waals surface area contributed by atoms with Crippen molar-refractivity contribution >= 4 is 0 Å². The molecule has 0 saturated heterocycles. The van der Waals surface area contributed by atoms with Crippen LogP contribution in [0.15, 0.2) is 23.8 Å². The molecule has 1 N–H and O–H groups in total. The maximum atomic E-state index is 10.3. The van der Waals surface area contributed by atoms with Crippen molar-refractivity contribution in [1.82, 2.24) is 0 Å². The Morgan fingerprint density at radius 3 is 2.84 bits per heavy atom.